The fourth-order valence-corrected chi connectivity index (χ4v) is 16.2. The second-order valence-corrected chi connectivity index (χ2v) is 30.7. The van der Waals surface area contributed by atoms with Crippen molar-refractivity contribution in [2.24, 2.45) is 10.8 Å². The SMILES string of the molecule is CC1(C)c2ccc(-c3ccc(-c4ccccc4-c4cc(-c5ccccc5-c5ccc(-c6ccc7c(c6)C(C)(C)C(C)(C)C7(C)C)nc5)cc(-c5ccccc5-c5cnc(-c6cccc(-c7cccc(-c8cccc(Cl)c8)c7)c6)cc5-c5ccccc5)c4)cn3)cc2C(C)(C)C1(C)C. The summed E-state index contributed by atoms with van der Waals surface area (Å²) in [5.41, 5.74) is 31.7. The average Bonchev–Trinajstić information content (AvgIpc) is 1.55. The van der Waals surface area contributed by atoms with E-state index in [9.17, 15) is 0 Å². The van der Waals surface area contributed by atoms with Crippen LogP contribution in [-0.2, 0) is 21.7 Å². The zero-order valence-electron chi connectivity index (χ0n) is 57.8. The molecule has 0 spiro atoms. The number of hydrogen-bond donors (Lipinski definition) is 0. The van der Waals surface area contributed by atoms with E-state index in [0.717, 1.165) is 139 Å². The topological polar surface area (TPSA) is 38.7 Å². The quantitative estimate of drug-likeness (QED) is 0.122. The molecule has 10 aromatic carbocycles. The number of hydrogen-bond acceptors (Lipinski definition) is 3. The van der Waals surface area contributed by atoms with Gasteiger partial charge in [-0.3, -0.25) is 15.0 Å². The van der Waals surface area contributed by atoms with Crippen molar-refractivity contribution in [3.63, 3.8) is 0 Å². The van der Waals surface area contributed by atoms with Crippen molar-refractivity contribution in [3.8, 4) is 134 Å². The van der Waals surface area contributed by atoms with Crippen molar-refractivity contribution in [2.45, 2.75) is 105 Å². The van der Waals surface area contributed by atoms with Crippen LogP contribution < -0.4 is 0 Å². The van der Waals surface area contributed by atoms with Gasteiger partial charge in [-0.1, -0.05) is 283 Å². The van der Waals surface area contributed by atoms with Crippen LogP contribution in [0, 0.1) is 10.8 Å². The molecule has 97 heavy (non-hydrogen) atoms. The fourth-order valence-electron chi connectivity index (χ4n) is 16.0. The molecule has 0 aliphatic heterocycles. The first-order chi connectivity index (χ1) is 46.5. The van der Waals surface area contributed by atoms with E-state index in [1.807, 2.05) is 18.2 Å². The lowest BCUT2D eigenvalue weighted by Crippen LogP contribution is -2.42. The van der Waals surface area contributed by atoms with Crippen LogP contribution in [0.1, 0.15) is 105 Å². The van der Waals surface area contributed by atoms with E-state index in [2.05, 4.69) is 344 Å². The Morgan fingerprint density at radius 2 is 0.536 bits per heavy atom. The molecule has 0 atom stereocenters. The summed E-state index contributed by atoms with van der Waals surface area (Å²) < 4.78 is 0. The predicted molar refractivity (Wildman–Crippen MR) is 410 cm³/mol. The molecule has 0 saturated heterocycles. The number of fused-ring (bicyclic) bond motifs is 2. The standard InChI is InChI=1S/C93H82ClN3/c1-88(2)81-43-39-65(53-83(81)90(5,6)92(88,9)10)85-45-41-67(56-95-85)73-33-16-18-35-75(73)69-49-70(76-36-19-17-34-74(76)68-42-46-86(96-57-68)66-40-44-82-84(54-66)91(7,8)93(11,12)89(82,3)4)51-71(50-69)77-37-20-21-38-78(77)80-58-97-87(55-79(80)59-25-14-13-15-26-59)64-31-23-29-62(48-64)60-27-22-28-61(47-60)63-30-24-32-72(94)52-63/h13-58H,1-12H3. The van der Waals surface area contributed by atoms with Crippen LogP contribution in [0.2, 0.25) is 5.02 Å². The van der Waals surface area contributed by atoms with E-state index in [0.29, 0.717) is 0 Å². The van der Waals surface area contributed by atoms with Gasteiger partial charge in [-0.25, -0.2) is 0 Å². The predicted octanol–water partition coefficient (Wildman–Crippen LogP) is 25.7. The zero-order valence-corrected chi connectivity index (χ0v) is 58.5. The number of benzene rings is 10. The van der Waals surface area contributed by atoms with Gasteiger partial charge in [-0.15, -0.1) is 0 Å². The molecule has 15 rings (SSSR count). The third-order valence-electron chi connectivity index (χ3n) is 24.2. The Kier molecular flexibility index (Phi) is 15.4. The minimum Gasteiger partial charge on any atom is -0.256 e. The highest BCUT2D eigenvalue weighted by atomic mass is 35.5. The molecule has 3 nitrogen and oxygen atoms in total. The number of halogens is 1. The minimum atomic E-state index is -0.0132. The second kappa shape index (κ2) is 23.6. The van der Waals surface area contributed by atoms with Gasteiger partial charge in [0.2, 0.25) is 0 Å². The van der Waals surface area contributed by atoms with E-state index in [-0.39, 0.29) is 32.5 Å². The summed E-state index contributed by atoms with van der Waals surface area (Å²) >= 11 is 6.47. The Labute approximate surface area is 579 Å². The van der Waals surface area contributed by atoms with Crippen molar-refractivity contribution in [2.75, 3.05) is 0 Å². The van der Waals surface area contributed by atoms with E-state index < -0.39 is 0 Å². The highest BCUT2D eigenvalue weighted by molar-refractivity contribution is 6.30. The van der Waals surface area contributed by atoms with Crippen molar-refractivity contribution in [1.29, 1.82) is 0 Å². The highest BCUT2D eigenvalue weighted by Gasteiger charge is 2.58. The molecule has 476 valence electrons. The fraction of sp³-hybridized carbons (Fsp3) is 0.194. The summed E-state index contributed by atoms with van der Waals surface area (Å²) in [5, 5.41) is 0.719. The third-order valence-corrected chi connectivity index (χ3v) is 24.4. The molecule has 2 aliphatic rings. The van der Waals surface area contributed by atoms with Crippen LogP contribution >= 0.6 is 11.6 Å². The first-order valence-corrected chi connectivity index (χ1v) is 34.6. The van der Waals surface area contributed by atoms with Gasteiger partial charge < -0.3 is 0 Å². The van der Waals surface area contributed by atoms with E-state index in [4.69, 9.17) is 26.6 Å². The molecule has 0 saturated carbocycles. The van der Waals surface area contributed by atoms with Gasteiger partial charge in [0.15, 0.2) is 0 Å². The van der Waals surface area contributed by atoms with Gasteiger partial charge in [-0.2, -0.15) is 0 Å². The highest BCUT2D eigenvalue weighted by Crippen LogP contribution is 2.63. The molecule has 2 aliphatic carbocycles. The van der Waals surface area contributed by atoms with Crippen molar-refractivity contribution in [1.82, 2.24) is 15.0 Å². The zero-order chi connectivity index (χ0) is 67.4. The normalized spacial score (nSPS) is 15.8. The summed E-state index contributed by atoms with van der Waals surface area (Å²) in [4.78, 5) is 15.9. The lowest BCUT2D eigenvalue weighted by molar-refractivity contribution is 0.125. The van der Waals surface area contributed by atoms with Gasteiger partial charge in [0.1, 0.15) is 0 Å². The lowest BCUT2D eigenvalue weighted by Gasteiger charge is -2.44. The molecule has 13 aromatic rings. The van der Waals surface area contributed by atoms with E-state index >= 15 is 0 Å². The Bertz CT molecular complexity index is 5020. The Balaban J connectivity index is 0.850. The van der Waals surface area contributed by atoms with Gasteiger partial charge in [0.25, 0.3) is 0 Å². The first-order valence-electron chi connectivity index (χ1n) is 34.2. The van der Waals surface area contributed by atoms with Gasteiger partial charge in [0, 0.05) is 57.0 Å². The molecule has 0 bridgehead atoms. The molecule has 0 unspecified atom stereocenters. The molecular weight excluding hydrogens is 1190 g/mol. The van der Waals surface area contributed by atoms with Crippen molar-refractivity contribution >= 4 is 11.6 Å². The Hall–Kier alpha value is -10.1. The van der Waals surface area contributed by atoms with Gasteiger partial charge in [-0.05, 0) is 211 Å². The average molecular weight is 1280 g/mol. The van der Waals surface area contributed by atoms with E-state index in [1.165, 1.54) is 22.3 Å². The smallest absolute Gasteiger partial charge is 0.0708 e. The van der Waals surface area contributed by atoms with Crippen molar-refractivity contribution < 1.29 is 0 Å². The third kappa shape index (κ3) is 10.5. The minimum absolute atomic E-state index is 0.0132. The van der Waals surface area contributed by atoms with Gasteiger partial charge in [0.05, 0.1) is 17.1 Å². The largest absolute Gasteiger partial charge is 0.256 e. The molecular formula is C93H82ClN3. The van der Waals surface area contributed by atoms with Crippen molar-refractivity contribution in [3.05, 3.63) is 307 Å². The maximum absolute atomic E-state index is 6.47. The van der Waals surface area contributed by atoms with Gasteiger partial charge >= 0.3 is 0 Å². The monoisotopic (exact) mass is 1280 g/mol. The summed E-state index contributed by atoms with van der Waals surface area (Å²) in [7, 11) is 0. The van der Waals surface area contributed by atoms with Crippen LogP contribution in [-0.4, -0.2) is 15.0 Å². The Morgan fingerprint density at radius 1 is 0.206 bits per heavy atom. The number of aromatic nitrogens is 3. The molecule has 0 fully saturated rings. The maximum Gasteiger partial charge on any atom is 0.0708 e. The van der Waals surface area contributed by atoms with Crippen LogP contribution in [0.15, 0.2) is 279 Å². The van der Waals surface area contributed by atoms with Crippen LogP contribution in [0.25, 0.3) is 134 Å². The number of rotatable bonds is 12. The van der Waals surface area contributed by atoms with Crippen LogP contribution in [0.5, 0.6) is 0 Å². The second-order valence-electron chi connectivity index (χ2n) is 30.2. The number of pyridine rings is 3. The summed E-state index contributed by atoms with van der Waals surface area (Å²) in [6, 6.07) is 95.1. The molecule has 4 heteroatoms. The molecule has 0 radical (unpaired) electrons. The summed E-state index contributed by atoms with van der Waals surface area (Å²) in [6.45, 7) is 28.9. The number of nitrogens with zero attached hydrogens (tertiary/aromatic N) is 3. The van der Waals surface area contributed by atoms with Crippen LogP contribution in [0.3, 0.4) is 0 Å². The first kappa shape index (κ1) is 63.0. The summed E-state index contributed by atoms with van der Waals surface area (Å²) in [6.07, 6.45) is 6.22. The summed E-state index contributed by atoms with van der Waals surface area (Å²) in [5.74, 6) is 0. The molecule has 0 N–H and O–H groups in total. The van der Waals surface area contributed by atoms with Crippen LogP contribution in [0.4, 0.5) is 0 Å². The lowest BCUT2D eigenvalue weighted by atomic mass is 9.59. The molecule has 3 heterocycles. The maximum atomic E-state index is 6.47. The Morgan fingerprint density at radius 3 is 0.979 bits per heavy atom. The molecule has 0 amide bonds. The molecule has 3 aromatic heterocycles. The van der Waals surface area contributed by atoms with E-state index in [1.54, 1.807) is 0 Å².